The number of carbonyl (C=O) groups is 2. The summed E-state index contributed by atoms with van der Waals surface area (Å²) >= 11 is 0. The molecular weight excluding hydrogens is 298 g/mol. The van der Waals surface area contributed by atoms with Gasteiger partial charge in [0.1, 0.15) is 0 Å². The molecule has 2 fully saturated rings. The van der Waals surface area contributed by atoms with Crippen LogP contribution in [0, 0.1) is 5.92 Å². The molecule has 0 spiro atoms. The van der Waals surface area contributed by atoms with Gasteiger partial charge in [0.15, 0.2) is 5.76 Å². The molecule has 3 heterocycles. The van der Waals surface area contributed by atoms with E-state index in [1.807, 2.05) is 0 Å². The number of rotatable bonds is 3. The molecule has 7 heteroatoms. The number of ether oxygens (including phenoxy) is 1. The van der Waals surface area contributed by atoms with Gasteiger partial charge in [0.2, 0.25) is 0 Å². The number of hydrogen-bond donors (Lipinski definition) is 1. The van der Waals surface area contributed by atoms with Crippen molar-refractivity contribution in [2.45, 2.75) is 12.8 Å². The first-order valence-corrected chi connectivity index (χ1v) is 8.17. The molecule has 0 aromatic carbocycles. The van der Waals surface area contributed by atoms with Gasteiger partial charge in [-0.2, -0.15) is 0 Å². The fourth-order valence-corrected chi connectivity index (χ4v) is 2.96. The SMILES string of the molecule is O=C(NCC1CCOCC1)N1CCN(C(=O)c2ccco2)CC1. The summed E-state index contributed by atoms with van der Waals surface area (Å²) in [6, 6.07) is 3.32. The van der Waals surface area contributed by atoms with Crippen LogP contribution in [0.2, 0.25) is 0 Å². The molecule has 0 aliphatic carbocycles. The van der Waals surface area contributed by atoms with Crippen molar-refractivity contribution in [2.75, 3.05) is 45.9 Å². The lowest BCUT2D eigenvalue weighted by molar-refractivity contribution is 0.0615. The number of urea groups is 1. The van der Waals surface area contributed by atoms with E-state index in [4.69, 9.17) is 9.15 Å². The summed E-state index contributed by atoms with van der Waals surface area (Å²) in [5, 5.41) is 3.00. The molecule has 3 rings (SSSR count). The van der Waals surface area contributed by atoms with Crippen LogP contribution in [0.3, 0.4) is 0 Å². The minimum absolute atomic E-state index is 0.0402. The van der Waals surface area contributed by atoms with Gasteiger partial charge < -0.3 is 24.3 Å². The number of carbonyl (C=O) groups excluding carboxylic acids is 2. The number of piperazine rings is 1. The normalized spacial score (nSPS) is 19.7. The van der Waals surface area contributed by atoms with Crippen LogP contribution in [-0.4, -0.2) is 67.7 Å². The molecule has 1 aromatic rings. The molecule has 23 heavy (non-hydrogen) atoms. The van der Waals surface area contributed by atoms with Gasteiger partial charge in [-0.05, 0) is 30.9 Å². The Morgan fingerprint density at radius 3 is 2.48 bits per heavy atom. The number of hydrogen-bond acceptors (Lipinski definition) is 4. The highest BCUT2D eigenvalue weighted by atomic mass is 16.5. The molecule has 1 N–H and O–H groups in total. The third kappa shape index (κ3) is 4.04. The second kappa shape index (κ2) is 7.50. The van der Waals surface area contributed by atoms with Gasteiger partial charge >= 0.3 is 6.03 Å². The standard InChI is InChI=1S/C16H23N3O4/c20-15(14-2-1-9-23-14)18-5-7-19(8-6-18)16(21)17-12-13-3-10-22-11-4-13/h1-2,9,13H,3-8,10-12H2,(H,17,21). The van der Waals surface area contributed by atoms with Crippen LogP contribution in [0.15, 0.2) is 22.8 Å². The van der Waals surface area contributed by atoms with Crippen molar-refractivity contribution >= 4 is 11.9 Å². The fourth-order valence-electron chi connectivity index (χ4n) is 2.96. The van der Waals surface area contributed by atoms with E-state index in [9.17, 15) is 9.59 Å². The Morgan fingerprint density at radius 2 is 1.83 bits per heavy atom. The quantitative estimate of drug-likeness (QED) is 0.907. The van der Waals surface area contributed by atoms with Crippen LogP contribution in [0.25, 0.3) is 0 Å². The fraction of sp³-hybridized carbons (Fsp3) is 0.625. The minimum atomic E-state index is -0.114. The Hall–Kier alpha value is -2.02. The van der Waals surface area contributed by atoms with Gasteiger partial charge in [-0.3, -0.25) is 4.79 Å². The van der Waals surface area contributed by atoms with Crippen molar-refractivity contribution < 1.29 is 18.7 Å². The molecule has 0 bridgehead atoms. The lowest BCUT2D eigenvalue weighted by Crippen LogP contribution is -2.53. The van der Waals surface area contributed by atoms with Crippen LogP contribution < -0.4 is 5.32 Å². The molecular formula is C16H23N3O4. The van der Waals surface area contributed by atoms with Crippen LogP contribution in [-0.2, 0) is 4.74 Å². The van der Waals surface area contributed by atoms with Gasteiger partial charge in [0.25, 0.3) is 5.91 Å². The summed E-state index contributed by atoms with van der Waals surface area (Å²) in [6.07, 6.45) is 3.50. The molecule has 0 radical (unpaired) electrons. The van der Waals surface area contributed by atoms with Crippen molar-refractivity contribution in [3.8, 4) is 0 Å². The summed E-state index contributed by atoms with van der Waals surface area (Å²) < 4.78 is 10.5. The molecule has 126 valence electrons. The van der Waals surface area contributed by atoms with Crippen molar-refractivity contribution in [3.63, 3.8) is 0 Å². The highest BCUT2D eigenvalue weighted by Crippen LogP contribution is 2.14. The Kier molecular flexibility index (Phi) is 5.17. The molecule has 3 amide bonds. The summed E-state index contributed by atoms with van der Waals surface area (Å²) in [7, 11) is 0. The van der Waals surface area contributed by atoms with Gasteiger partial charge in [-0.25, -0.2) is 4.79 Å². The molecule has 2 saturated heterocycles. The van der Waals surface area contributed by atoms with E-state index in [1.54, 1.807) is 21.9 Å². The first-order valence-electron chi connectivity index (χ1n) is 8.17. The lowest BCUT2D eigenvalue weighted by Gasteiger charge is -2.34. The average Bonchev–Trinajstić information content (AvgIpc) is 3.15. The third-order valence-corrected chi connectivity index (χ3v) is 4.47. The van der Waals surface area contributed by atoms with Gasteiger partial charge in [-0.15, -0.1) is 0 Å². The molecule has 0 saturated carbocycles. The van der Waals surface area contributed by atoms with Crippen molar-refractivity contribution in [1.29, 1.82) is 0 Å². The number of furan rings is 1. The Bertz CT molecular complexity index is 517. The smallest absolute Gasteiger partial charge is 0.317 e. The van der Waals surface area contributed by atoms with Crippen molar-refractivity contribution in [1.82, 2.24) is 15.1 Å². The lowest BCUT2D eigenvalue weighted by atomic mass is 10.0. The monoisotopic (exact) mass is 321 g/mol. The summed E-state index contributed by atoms with van der Waals surface area (Å²) in [5.74, 6) is 0.745. The number of nitrogens with zero attached hydrogens (tertiary/aromatic N) is 2. The van der Waals surface area contributed by atoms with E-state index in [-0.39, 0.29) is 11.9 Å². The Labute approximate surface area is 135 Å². The van der Waals surface area contributed by atoms with E-state index in [2.05, 4.69) is 5.32 Å². The molecule has 0 unspecified atom stereocenters. The highest BCUT2D eigenvalue weighted by molar-refractivity contribution is 5.91. The Balaban J connectivity index is 1.41. The second-order valence-electron chi connectivity index (χ2n) is 6.00. The van der Waals surface area contributed by atoms with Crippen LogP contribution in [0.1, 0.15) is 23.4 Å². The molecule has 1 aromatic heterocycles. The van der Waals surface area contributed by atoms with Gasteiger partial charge in [-0.1, -0.05) is 0 Å². The zero-order chi connectivity index (χ0) is 16.1. The predicted octanol–water partition coefficient (Wildman–Crippen LogP) is 1.17. The largest absolute Gasteiger partial charge is 0.459 e. The summed E-state index contributed by atoms with van der Waals surface area (Å²) in [5.41, 5.74) is 0. The zero-order valence-electron chi connectivity index (χ0n) is 13.2. The number of nitrogens with one attached hydrogen (secondary N) is 1. The highest BCUT2D eigenvalue weighted by Gasteiger charge is 2.26. The van der Waals surface area contributed by atoms with Gasteiger partial charge in [0.05, 0.1) is 6.26 Å². The average molecular weight is 321 g/mol. The zero-order valence-corrected chi connectivity index (χ0v) is 13.2. The summed E-state index contributed by atoms with van der Waals surface area (Å²) in [6.45, 7) is 4.43. The maximum Gasteiger partial charge on any atom is 0.317 e. The maximum atomic E-state index is 12.2. The van der Waals surface area contributed by atoms with E-state index < -0.39 is 0 Å². The topological polar surface area (TPSA) is 75.0 Å². The molecule has 0 atom stereocenters. The van der Waals surface area contributed by atoms with Crippen molar-refractivity contribution in [2.24, 2.45) is 5.92 Å². The van der Waals surface area contributed by atoms with Crippen molar-refractivity contribution in [3.05, 3.63) is 24.2 Å². The van der Waals surface area contributed by atoms with E-state index in [1.165, 1.54) is 6.26 Å². The van der Waals surface area contributed by atoms with Crippen LogP contribution >= 0.6 is 0 Å². The molecule has 2 aliphatic heterocycles. The third-order valence-electron chi connectivity index (χ3n) is 4.47. The first-order chi connectivity index (χ1) is 11.2. The minimum Gasteiger partial charge on any atom is -0.459 e. The van der Waals surface area contributed by atoms with Gasteiger partial charge in [0, 0.05) is 45.9 Å². The maximum absolute atomic E-state index is 12.2. The van der Waals surface area contributed by atoms with Crippen LogP contribution in [0.4, 0.5) is 4.79 Å². The summed E-state index contributed by atoms with van der Waals surface area (Å²) in [4.78, 5) is 27.9. The van der Waals surface area contributed by atoms with E-state index >= 15 is 0 Å². The van der Waals surface area contributed by atoms with E-state index in [0.717, 1.165) is 26.1 Å². The van der Waals surface area contributed by atoms with Crippen LogP contribution in [0.5, 0.6) is 0 Å². The second-order valence-corrected chi connectivity index (χ2v) is 6.00. The van der Waals surface area contributed by atoms with E-state index in [0.29, 0.717) is 44.4 Å². The first kappa shape index (κ1) is 15.9. The molecule has 2 aliphatic rings. The Morgan fingerprint density at radius 1 is 1.13 bits per heavy atom. The number of amides is 3. The predicted molar refractivity (Wildman–Crippen MR) is 83.1 cm³/mol. The molecule has 7 nitrogen and oxygen atoms in total.